The van der Waals surface area contributed by atoms with Crippen LogP contribution in [-0.4, -0.2) is 36.2 Å². The van der Waals surface area contributed by atoms with Crippen molar-refractivity contribution in [2.75, 3.05) is 25.6 Å². The van der Waals surface area contributed by atoms with E-state index in [-0.39, 0.29) is 0 Å². The van der Waals surface area contributed by atoms with Gasteiger partial charge >= 0.3 is 6.09 Å². The molecule has 0 spiro atoms. The second-order valence-corrected chi connectivity index (χ2v) is 5.69. The van der Waals surface area contributed by atoms with Crippen molar-refractivity contribution in [1.82, 2.24) is 9.78 Å². The minimum Gasteiger partial charge on any atom is -0.474 e. The van der Waals surface area contributed by atoms with E-state index in [1.54, 1.807) is 36.1 Å². The van der Waals surface area contributed by atoms with Crippen molar-refractivity contribution in [3.8, 4) is 17.3 Å². The van der Waals surface area contributed by atoms with Gasteiger partial charge in [0.2, 0.25) is 5.88 Å². The number of rotatable bonds is 7. The molecular formula is C20H21N3O4. The standard InChI is InChI=1S/C20H21N3O4/c1-15-18(21-20(24)27-17-11-7-4-8-12-17)23(16-9-5-3-6-10-16)22-19(15)26-14-13-25-2/h3-12H,13-14H2,1-2H3,(H,21,24). The monoisotopic (exact) mass is 367 g/mol. The van der Waals surface area contributed by atoms with Gasteiger partial charge in [0, 0.05) is 7.11 Å². The van der Waals surface area contributed by atoms with Crippen LogP contribution in [0.5, 0.6) is 11.6 Å². The van der Waals surface area contributed by atoms with Crippen molar-refractivity contribution in [2.24, 2.45) is 0 Å². The predicted octanol–water partition coefficient (Wildman–Crippen LogP) is 3.82. The first-order valence-corrected chi connectivity index (χ1v) is 8.49. The zero-order valence-corrected chi connectivity index (χ0v) is 15.2. The number of nitrogens with one attached hydrogen (secondary N) is 1. The lowest BCUT2D eigenvalue weighted by Crippen LogP contribution is -2.19. The van der Waals surface area contributed by atoms with Crippen LogP contribution in [0.15, 0.2) is 60.7 Å². The third-order valence-electron chi connectivity index (χ3n) is 3.78. The fourth-order valence-corrected chi connectivity index (χ4v) is 2.46. The third-order valence-corrected chi connectivity index (χ3v) is 3.78. The fraction of sp³-hybridized carbons (Fsp3) is 0.200. The zero-order chi connectivity index (χ0) is 19.1. The third kappa shape index (κ3) is 4.65. The molecule has 2 aromatic carbocycles. The molecule has 0 saturated carbocycles. The van der Waals surface area contributed by atoms with Crippen LogP contribution >= 0.6 is 0 Å². The van der Waals surface area contributed by atoms with Crippen molar-refractivity contribution in [3.63, 3.8) is 0 Å². The van der Waals surface area contributed by atoms with Crippen LogP contribution in [0, 0.1) is 6.92 Å². The first-order chi connectivity index (χ1) is 13.2. The summed E-state index contributed by atoms with van der Waals surface area (Å²) in [5.41, 5.74) is 1.48. The molecule has 1 aromatic heterocycles. The molecule has 1 N–H and O–H groups in total. The van der Waals surface area contributed by atoms with Gasteiger partial charge in [-0.05, 0) is 31.2 Å². The number of para-hydroxylation sites is 2. The number of carbonyl (C=O) groups is 1. The number of nitrogens with zero attached hydrogens (tertiary/aromatic N) is 2. The fourth-order valence-electron chi connectivity index (χ4n) is 2.46. The number of amides is 1. The van der Waals surface area contributed by atoms with Crippen molar-refractivity contribution >= 4 is 11.9 Å². The molecule has 0 atom stereocenters. The average molecular weight is 367 g/mol. The number of carbonyl (C=O) groups excluding carboxylic acids is 1. The molecule has 0 bridgehead atoms. The van der Waals surface area contributed by atoms with Crippen LogP contribution in [0.2, 0.25) is 0 Å². The van der Waals surface area contributed by atoms with Crippen LogP contribution in [-0.2, 0) is 4.74 Å². The maximum absolute atomic E-state index is 12.4. The van der Waals surface area contributed by atoms with Crippen molar-refractivity contribution in [3.05, 3.63) is 66.2 Å². The van der Waals surface area contributed by atoms with Gasteiger partial charge < -0.3 is 14.2 Å². The number of ether oxygens (including phenoxy) is 3. The Morgan fingerprint density at radius 3 is 2.37 bits per heavy atom. The lowest BCUT2D eigenvalue weighted by atomic mass is 10.3. The SMILES string of the molecule is COCCOc1nn(-c2ccccc2)c(NC(=O)Oc2ccccc2)c1C. The smallest absolute Gasteiger partial charge is 0.418 e. The lowest BCUT2D eigenvalue weighted by molar-refractivity contribution is 0.143. The molecule has 0 aliphatic rings. The van der Waals surface area contributed by atoms with Crippen molar-refractivity contribution < 1.29 is 19.0 Å². The summed E-state index contributed by atoms with van der Waals surface area (Å²) in [7, 11) is 1.60. The summed E-state index contributed by atoms with van der Waals surface area (Å²) >= 11 is 0. The molecule has 7 heteroatoms. The number of hydrogen-bond donors (Lipinski definition) is 1. The van der Waals surface area contributed by atoms with E-state index < -0.39 is 6.09 Å². The molecule has 0 unspecified atom stereocenters. The van der Waals surface area contributed by atoms with Gasteiger partial charge in [-0.3, -0.25) is 5.32 Å². The van der Waals surface area contributed by atoms with E-state index in [2.05, 4.69) is 10.4 Å². The number of hydrogen-bond acceptors (Lipinski definition) is 5. The Morgan fingerprint density at radius 1 is 1.04 bits per heavy atom. The molecule has 3 aromatic rings. The summed E-state index contributed by atoms with van der Waals surface area (Å²) < 4.78 is 17.6. The van der Waals surface area contributed by atoms with Crippen molar-refractivity contribution in [1.29, 1.82) is 0 Å². The summed E-state index contributed by atoms with van der Waals surface area (Å²) in [6.07, 6.45) is -0.607. The molecular weight excluding hydrogens is 346 g/mol. The Labute approximate surface area is 157 Å². The minimum absolute atomic E-state index is 0.358. The van der Waals surface area contributed by atoms with Crippen LogP contribution in [0.3, 0.4) is 0 Å². The van der Waals surface area contributed by atoms with E-state index in [0.29, 0.717) is 36.2 Å². The molecule has 7 nitrogen and oxygen atoms in total. The predicted molar refractivity (Wildman–Crippen MR) is 102 cm³/mol. The van der Waals surface area contributed by atoms with E-state index in [4.69, 9.17) is 14.2 Å². The largest absolute Gasteiger partial charge is 0.474 e. The van der Waals surface area contributed by atoms with Gasteiger partial charge in [0.05, 0.1) is 17.9 Å². The van der Waals surface area contributed by atoms with E-state index in [9.17, 15) is 4.79 Å². The Kier molecular flexibility index (Phi) is 6.06. The summed E-state index contributed by atoms with van der Waals surface area (Å²) in [6, 6.07) is 18.3. The maximum Gasteiger partial charge on any atom is 0.418 e. The lowest BCUT2D eigenvalue weighted by Gasteiger charge is -2.10. The average Bonchev–Trinajstić information content (AvgIpc) is 2.99. The quantitative estimate of drug-likeness (QED) is 0.643. The topological polar surface area (TPSA) is 74.6 Å². The highest BCUT2D eigenvalue weighted by Gasteiger charge is 2.19. The van der Waals surface area contributed by atoms with Crippen LogP contribution in [0.1, 0.15) is 5.56 Å². The molecule has 27 heavy (non-hydrogen) atoms. The zero-order valence-electron chi connectivity index (χ0n) is 15.2. The second-order valence-electron chi connectivity index (χ2n) is 5.69. The molecule has 0 aliphatic heterocycles. The summed E-state index contributed by atoms with van der Waals surface area (Å²) in [6.45, 7) is 2.63. The number of benzene rings is 2. The number of aromatic nitrogens is 2. The molecule has 0 fully saturated rings. The highest BCUT2D eigenvalue weighted by molar-refractivity contribution is 5.87. The van der Waals surface area contributed by atoms with Gasteiger partial charge in [-0.1, -0.05) is 36.4 Å². The van der Waals surface area contributed by atoms with E-state index in [0.717, 1.165) is 5.69 Å². The molecule has 0 aliphatic carbocycles. The van der Waals surface area contributed by atoms with Gasteiger partial charge in [-0.15, -0.1) is 5.10 Å². The Balaban J connectivity index is 1.86. The van der Waals surface area contributed by atoms with Gasteiger partial charge in [-0.25, -0.2) is 9.48 Å². The number of methoxy groups -OCH3 is 1. The molecule has 0 saturated heterocycles. The van der Waals surface area contributed by atoms with Crippen LogP contribution in [0.25, 0.3) is 5.69 Å². The molecule has 1 amide bonds. The highest BCUT2D eigenvalue weighted by atomic mass is 16.6. The number of anilines is 1. The Hall–Kier alpha value is -3.32. The van der Waals surface area contributed by atoms with E-state index in [1.807, 2.05) is 43.3 Å². The summed E-state index contributed by atoms with van der Waals surface area (Å²) in [4.78, 5) is 12.4. The van der Waals surface area contributed by atoms with Crippen LogP contribution < -0.4 is 14.8 Å². The molecule has 0 radical (unpaired) electrons. The van der Waals surface area contributed by atoms with Gasteiger partial charge in [0.1, 0.15) is 18.2 Å². The van der Waals surface area contributed by atoms with Crippen molar-refractivity contribution in [2.45, 2.75) is 6.92 Å². The van der Waals surface area contributed by atoms with E-state index >= 15 is 0 Å². The summed E-state index contributed by atoms with van der Waals surface area (Å²) in [5.74, 6) is 1.36. The first kappa shape index (κ1) is 18.5. The van der Waals surface area contributed by atoms with E-state index in [1.165, 1.54) is 0 Å². The molecule has 140 valence electrons. The second kappa shape index (κ2) is 8.86. The van der Waals surface area contributed by atoms with Gasteiger partial charge in [0.25, 0.3) is 0 Å². The Morgan fingerprint density at radius 2 is 1.70 bits per heavy atom. The maximum atomic E-state index is 12.4. The summed E-state index contributed by atoms with van der Waals surface area (Å²) in [5, 5.41) is 7.25. The Bertz CT molecular complexity index is 879. The minimum atomic E-state index is -0.607. The van der Waals surface area contributed by atoms with Gasteiger partial charge in [0.15, 0.2) is 0 Å². The normalized spacial score (nSPS) is 10.4. The highest BCUT2D eigenvalue weighted by Crippen LogP contribution is 2.28. The molecule has 3 rings (SSSR count). The first-order valence-electron chi connectivity index (χ1n) is 8.49. The van der Waals surface area contributed by atoms with Crippen LogP contribution in [0.4, 0.5) is 10.6 Å². The molecule has 1 heterocycles. The van der Waals surface area contributed by atoms with Gasteiger partial charge in [-0.2, -0.15) is 0 Å².